The van der Waals surface area contributed by atoms with Crippen LogP contribution in [0.3, 0.4) is 0 Å². The van der Waals surface area contributed by atoms with Crippen molar-refractivity contribution in [2.75, 3.05) is 26.9 Å². The fraction of sp³-hybridized carbons (Fsp3) is 0.333. The number of carbonyl (C=O) groups excluding carboxylic acids is 2. The molecule has 2 amide bonds. The first-order chi connectivity index (χ1) is 12.4. The van der Waals surface area contributed by atoms with Gasteiger partial charge in [0.25, 0.3) is 0 Å². The van der Waals surface area contributed by atoms with Gasteiger partial charge in [-0.15, -0.1) is 6.58 Å². The molecule has 1 aliphatic heterocycles. The minimum Gasteiger partial charge on any atom is -0.460 e. The number of ether oxygens (including phenoxy) is 2. The van der Waals surface area contributed by atoms with E-state index < -0.39 is 12.0 Å². The van der Waals surface area contributed by atoms with Gasteiger partial charge in [-0.05, 0) is 24.6 Å². The highest BCUT2D eigenvalue weighted by molar-refractivity contribution is 6.35. The van der Waals surface area contributed by atoms with Gasteiger partial charge in [-0.2, -0.15) is 0 Å². The molecule has 2 rings (SSSR count). The molecule has 140 valence electrons. The van der Waals surface area contributed by atoms with Gasteiger partial charge in [-0.3, -0.25) is 4.90 Å². The molecule has 0 fully saturated rings. The van der Waals surface area contributed by atoms with Gasteiger partial charge in [-0.25, -0.2) is 9.59 Å². The second kappa shape index (κ2) is 9.07. The molecule has 0 saturated heterocycles. The van der Waals surface area contributed by atoms with Crippen LogP contribution in [0.25, 0.3) is 0 Å². The maximum Gasteiger partial charge on any atom is 0.338 e. The van der Waals surface area contributed by atoms with Crippen LogP contribution in [0.15, 0.2) is 42.1 Å². The average molecular weight is 399 g/mol. The fourth-order valence-electron chi connectivity index (χ4n) is 2.66. The van der Waals surface area contributed by atoms with Gasteiger partial charge in [0.1, 0.15) is 6.61 Å². The summed E-state index contributed by atoms with van der Waals surface area (Å²) >= 11 is 12.2. The van der Waals surface area contributed by atoms with E-state index in [2.05, 4.69) is 11.9 Å². The third-order valence-electron chi connectivity index (χ3n) is 3.92. The predicted octanol–water partition coefficient (Wildman–Crippen LogP) is 3.71. The molecule has 0 unspecified atom stereocenters. The van der Waals surface area contributed by atoms with E-state index in [0.717, 1.165) is 0 Å². The van der Waals surface area contributed by atoms with Crippen LogP contribution >= 0.6 is 23.2 Å². The smallest absolute Gasteiger partial charge is 0.338 e. The number of esters is 1. The van der Waals surface area contributed by atoms with E-state index in [1.165, 1.54) is 12.0 Å². The van der Waals surface area contributed by atoms with Crippen LogP contribution in [0.1, 0.15) is 18.5 Å². The summed E-state index contributed by atoms with van der Waals surface area (Å²) in [6, 6.07) is 3.78. The van der Waals surface area contributed by atoms with E-state index in [0.29, 0.717) is 26.9 Å². The number of hydrogen-bond acceptors (Lipinski definition) is 4. The van der Waals surface area contributed by atoms with E-state index in [-0.39, 0.29) is 25.8 Å². The Kier molecular flexibility index (Phi) is 7.08. The Bertz CT molecular complexity index is 749. The zero-order valence-corrected chi connectivity index (χ0v) is 16.1. The molecule has 1 atom stereocenters. The van der Waals surface area contributed by atoms with Crippen molar-refractivity contribution in [2.24, 2.45) is 0 Å². The normalized spacial score (nSPS) is 17.2. The Morgan fingerprint density at radius 1 is 1.38 bits per heavy atom. The average Bonchev–Trinajstić information content (AvgIpc) is 2.58. The van der Waals surface area contributed by atoms with E-state index in [9.17, 15) is 9.59 Å². The third kappa shape index (κ3) is 4.38. The van der Waals surface area contributed by atoms with Gasteiger partial charge in [0.15, 0.2) is 0 Å². The topological polar surface area (TPSA) is 67.9 Å². The molecule has 1 N–H and O–H groups in total. The largest absolute Gasteiger partial charge is 0.460 e. The van der Waals surface area contributed by atoms with Crippen molar-refractivity contribution in [3.8, 4) is 0 Å². The lowest BCUT2D eigenvalue weighted by Gasteiger charge is -2.35. The molecular weight excluding hydrogens is 379 g/mol. The van der Waals surface area contributed by atoms with Crippen LogP contribution in [-0.4, -0.2) is 43.8 Å². The van der Waals surface area contributed by atoms with E-state index >= 15 is 0 Å². The van der Waals surface area contributed by atoms with Gasteiger partial charge in [0, 0.05) is 29.4 Å². The molecule has 0 bridgehead atoms. The summed E-state index contributed by atoms with van der Waals surface area (Å²) in [5, 5.41) is 3.60. The van der Waals surface area contributed by atoms with Gasteiger partial charge in [0.2, 0.25) is 0 Å². The SMILES string of the molecule is C=CCN1C(=O)N[C@@H](c2ccc(Cl)cc2Cl)C(C(=O)OCCOC)=C1C. The molecule has 6 nitrogen and oxygen atoms in total. The molecule has 0 aliphatic carbocycles. The summed E-state index contributed by atoms with van der Waals surface area (Å²) in [5.41, 5.74) is 1.33. The second-order valence-corrected chi connectivity index (χ2v) is 6.42. The Balaban J connectivity index is 2.48. The number of allylic oxidation sites excluding steroid dienone is 1. The van der Waals surface area contributed by atoms with Crippen LogP contribution in [0.4, 0.5) is 4.79 Å². The van der Waals surface area contributed by atoms with E-state index in [4.69, 9.17) is 32.7 Å². The van der Waals surface area contributed by atoms with Crippen molar-refractivity contribution in [3.05, 3.63) is 57.7 Å². The minimum absolute atomic E-state index is 0.0998. The highest BCUT2D eigenvalue weighted by atomic mass is 35.5. The fourth-order valence-corrected chi connectivity index (χ4v) is 3.18. The van der Waals surface area contributed by atoms with Crippen molar-refractivity contribution in [1.29, 1.82) is 0 Å². The lowest BCUT2D eigenvalue weighted by molar-refractivity contribution is -0.140. The maximum atomic E-state index is 12.7. The van der Waals surface area contributed by atoms with E-state index in [1.807, 2.05) is 0 Å². The standard InChI is InChI=1S/C18H20Cl2N2O4/c1-4-7-22-11(2)15(17(23)26-9-8-25-3)16(21-18(22)24)13-6-5-12(19)10-14(13)20/h4-6,10,16H,1,7-9H2,2-3H3,(H,21,24)/t16-/m0/s1. The number of benzene rings is 1. The predicted molar refractivity (Wildman–Crippen MR) is 100 cm³/mol. The number of amides is 2. The van der Waals surface area contributed by atoms with Crippen LogP contribution in [0.5, 0.6) is 0 Å². The molecule has 1 aromatic carbocycles. The first-order valence-corrected chi connectivity index (χ1v) is 8.67. The monoisotopic (exact) mass is 398 g/mol. The molecule has 0 spiro atoms. The summed E-state index contributed by atoms with van der Waals surface area (Å²) in [5.74, 6) is -0.551. The molecule has 26 heavy (non-hydrogen) atoms. The number of carbonyl (C=O) groups is 2. The van der Waals surface area contributed by atoms with Crippen molar-refractivity contribution < 1.29 is 19.1 Å². The van der Waals surface area contributed by atoms with Gasteiger partial charge >= 0.3 is 12.0 Å². The lowest BCUT2D eigenvalue weighted by Crippen LogP contribution is -2.48. The maximum absolute atomic E-state index is 12.7. The molecule has 0 radical (unpaired) electrons. The number of methoxy groups -OCH3 is 1. The van der Waals surface area contributed by atoms with Crippen LogP contribution < -0.4 is 5.32 Å². The highest BCUT2D eigenvalue weighted by Crippen LogP contribution is 2.35. The highest BCUT2D eigenvalue weighted by Gasteiger charge is 2.36. The second-order valence-electron chi connectivity index (χ2n) is 5.58. The molecule has 1 aromatic rings. The number of nitrogens with one attached hydrogen (secondary N) is 1. The van der Waals surface area contributed by atoms with Crippen LogP contribution in [0.2, 0.25) is 10.0 Å². The zero-order chi connectivity index (χ0) is 19.3. The Morgan fingerprint density at radius 3 is 2.73 bits per heavy atom. The van der Waals surface area contributed by atoms with Crippen molar-refractivity contribution >= 4 is 35.2 Å². The summed E-state index contributed by atoms with van der Waals surface area (Å²) in [6.45, 7) is 5.96. The van der Waals surface area contributed by atoms with Crippen LogP contribution in [0, 0.1) is 0 Å². The van der Waals surface area contributed by atoms with Crippen LogP contribution in [-0.2, 0) is 14.3 Å². The summed E-state index contributed by atoms with van der Waals surface area (Å²) in [4.78, 5) is 26.6. The van der Waals surface area contributed by atoms with Gasteiger partial charge in [-0.1, -0.05) is 35.3 Å². The number of hydrogen-bond donors (Lipinski definition) is 1. The van der Waals surface area contributed by atoms with Gasteiger partial charge in [0.05, 0.1) is 18.2 Å². The van der Waals surface area contributed by atoms with E-state index in [1.54, 1.807) is 31.2 Å². The third-order valence-corrected chi connectivity index (χ3v) is 4.48. The molecule has 0 saturated carbocycles. The lowest BCUT2D eigenvalue weighted by atomic mass is 9.95. The van der Waals surface area contributed by atoms with Crippen molar-refractivity contribution in [1.82, 2.24) is 10.2 Å². The quantitative estimate of drug-likeness (QED) is 0.431. The minimum atomic E-state index is -0.747. The first-order valence-electron chi connectivity index (χ1n) is 7.91. The number of halogens is 2. The Labute approximate surface area is 162 Å². The van der Waals surface area contributed by atoms with Crippen molar-refractivity contribution in [3.63, 3.8) is 0 Å². The number of urea groups is 1. The first kappa shape index (κ1) is 20.3. The Hall–Kier alpha value is -2.02. The molecule has 1 aliphatic rings. The molecule has 1 heterocycles. The molecular formula is C18H20Cl2N2O4. The number of rotatable bonds is 7. The summed E-state index contributed by atoms with van der Waals surface area (Å²) in [6.07, 6.45) is 1.58. The summed E-state index contributed by atoms with van der Waals surface area (Å²) in [7, 11) is 1.52. The summed E-state index contributed by atoms with van der Waals surface area (Å²) < 4.78 is 10.2. The number of nitrogens with zero attached hydrogens (tertiary/aromatic N) is 1. The Morgan fingerprint density at radius 2 is 2.12 bits per heavy atom. The van der Waals surface area contributed by atoms with Gasteiger partial charge < -0.3 is 14.8 Å². The van der Waals surface area contributed by atoms with Crippen molar-refractivity contribution in [2.45, 2.75) is 13.0 Å². The molecule has 8 heteroatoms. The zero-order valence-electron chi connectivity index (χ0n) is 14.6. The molecule has 0 aromatic heterocycles.